The second-order valence-electron chi connectivity index (χ2n) is 16.3. The lowest BCUT2D eigenvalue weighted by Crippen LogP contribution is -2.35. The highest BCUT2D eigenvalue weighted by Crippen LogP contribution is 2.31. The standard InChI is InChI=1S/C51H56BF2N9O2S2/c1-4-5-15-46-60-48-49(41-12-7-8-13-43(41)59-50(48)55)63(46)33-37-19-17-36(18-20-37)32-58-51(66)57-29-10-6-9-28-56-47(64)34-65-40-24-21-38(22-25-40)42(61-52(53)54)26-16-35(2)31-39-23-27-44(62(39)3)45-14-11-30-67-45/h7-8,11-14,16-27,30-31H,4-6,9-10,15,28-29,32-34H2,1-3H3,(H2,55,59)(H,56,64)(H2,57,58,66)/b26-16-,35-31+,61-42-. The number of allylic oxidation sites excluding steroid dienone is 3. The number of rotatable bonds is 22. The number of thiophene rings is 1. The number of para-hydroxylation sites is 1. The molecule has 0 saturated heterocycles. The van der Waals surface area contributed by atoms with E-state index >= 15 is 0 Å². The predicted molar refractivity (Wildman–Crippen MR) is 276 cm³/mol. The second-order valence-corrected chi connectivity index (χ2v) is 17.6. The molecule has 5 N–H and O–H groups in total. The van der Waals surface area contributed by atoms with E-state index in [0.717, 1.165) is 88.8 Å². The van der Waals surface area contributed by atoms with Crippen LogP contribution in [0.4, 0.5) is 14.4 Å². The third kappa shape index (κ3) is 13.3. The highest BCUT2D eigenvalue weighted by atomic mass is 32.1. The molecule has 3 aromatic carbocycles. The number of nitrogens with one attached hydrogen (secondary N) is 3. The third-order valence-electron chi connectivity index (χ3n) is 11.3. The zero-order valence-electron chi connectivity index (χ0n) is 38.1. The van der Waals surface area contributed by atoms with E-state index in [1.54, 1.807) is 47.8 Å². The average molecular weight is 940 g/mol. The van der Waals surface area contributed by atoms with Crippen molar-refractivity contribution in [1.29, 1.82) is 0 Å². The first-order valence-electron chi connectivity index (χ1n) is 22.6. The predicted octanol–water partition coefficient (Wildman–Crippen LogP) is 10.3. The molecule has 7 aromatic rings. The van der Waals surface area contributed by atoms with Crippen molar-refractivity contribution in [2.45, 2.75) is 65.5 Å². The van der Waals surface area contributed by atoms with Gasteiger partial charge in [0.15, 0.2) is 17.5 Å². The fourth-order valence-corrected chi connectivity index (χ4v) is 8.68. The number of carbonyl (C=O) groups is 1. The molecule has 0 radical (unpaired) electrons. The Labute approximate surface area is 400 Å². The van der Waals surface area contributed by atoms with E-state index in [1.807, 2.05) is 55.8 Å². The maximum Gasteiger partial charge on any atom is 0.692 e. The molecule has 11 nitrogen and oxygen atoms in total. The van der Waals surface area contributed by atoms with Gasteiger partial charge >= 0.3 is 7.40 Å². The Morgan fingerprint density at radius 1 is 0.896 bits per heavy atom. The van der Waals surface area contributed by atoms with Gasteiger partial charge in [-0.05, 0) is 133 Å². The van der Waals surface area contributed by atoms with Gasteiger partial charge in [0, 0.05) is 50.7 Å². The first-order chi connectivity index (χ1) is 32.6. The summed E-state index contributed by atoms with van der Waals surface area (Å²) in [6.07, 6.45) is 10.9. The first-order valence-corrected chi connectivity index (χ1v) is 23.9. The average Bonchev–Trinajstić information content (AvgIpc) is 4.08. The normalized spacial score (nSPS) is 12.0. The number of imidazole rings is 1. The molecular formula is C51H56BF2N9O2S2. The van der Waals surface area contributed by atoms with Crippen molar-refractivity contribution in [3.8, 4) is 16.3 Å². The number of benzene rings is 3. The van der Waals surface area contributed by atoms with Gasteiger partial charge in [0.05, 0.1) is 27.3 Å². The zero-order chi connectivity index (χ0) is 47.1. The maximum atomic E-state index is 13.4. The van der Waals surface area contributed by atoms with Gasteiger partial charge in [-0.3, -0.25) is 18.3 Å². The Bertz CT molecular complexity index is 2860. The molecule has 0 aliphatic heterocycles. The summed E-state index contributed by atoms with van der Waals surface area (Å²) in [5.41, 5.74) is 15.0. The molecule has 0 aliphatic rings. The van der Waals surface area contributed by atoms with E-state index in [2.05, 4.69) is 84.4 Å². The number of unbranched alkanes of at least 4 members (excludes halogenated alkanes) is 3. The van der Waals surface area contributed by atoms with E-state index in [-0.39, 0.29) is 18.2 Å². The topological polar surface area (TPSA) is 136 Å². The maximum absolute atomic E-state index is 13.4. The van der Waals surface area contributed by atoms with Crippen molar-refractivity contribution in [3.63, 3.8) is 0 Å². The van der Waals surface area contributed by atoms with Crippen LogP contribution in [0.3, 0.4) is 0 Å². The summed E-state index contributed by atoms with van der Waals surface area (Å²) in [4.78, 5) is 26.8. The van der Waals surface area contributed by atoms with Crippen LogP contribution in [0.1, 0.15) is 74.2 Å². The Morgan fingerprint density at radius 2 is 1.66 bits per heavy atom. The number of amides is 1. The second kappa shape index (κ2) is 23.7. The van der Waals surface area contributed by atoms with Crippen LogP contribution >= 0.6 is 23.6 Å². The van der Waals surface area contributed by atoms with Gasteiger partial charge in [0.2, 0.25) is 0 Å². The number of nitrogens with zero attached hydrogens (tertiary/aromatic N) is 5. The van der Waals surface area contributed by atoms with Gasteiger partial charge in [0.25, 0.3) is 5.91 Å². The van der Waals surface area contributed by atoms with Crippen molar-refractivity contribution in [1.82, 2.24) is 35.1 Å². The molecule has 7 rings (SSSR count). The van der Waals surface area contributed by atoms with Crippen molar-refractivity contribution < 1.29 is 18.2 Å². The van der Waals surface area contributed by atoms with E-state index in [4.69, 9.17) is 27.7 Å². The molecule has 16 heteroatoms. The number of hydrogen-bond acceptors (Lipinski definition) is 8. The SMILES string of the molecule is CCCCc1nc2c(N)nc3ccccc3c2n1Cc1ccc(CNC(=S)NCCCCCNC(=O)COc2ccc(C(/C=C\C(C)=C\c3ccc(-c4cccs4)n3C)=N\B(F)F)cc2)cc1. The summed E-state index contributed by atoms with van der Waals surface area (Å²) in [6.45, 7) is 6.45. The number of halogens is 2. The first kappa shape index (κ1) is 48.3. The molecule has 0 aliphatic carbocycles. The molecule has 4 aromatic heterocycles. The van der Waals surface area contributed by atoms with Crippen molar-refractivity contribution in [2.24, 2.45) is 12.0 Å². The fourth-order valence-electron chi connectivity index (χ4n) is 7.72. The number of nitrogen functional groups attached to an aromatic ring is 1. The van der Waals surface area contributed by atoms with Gasteiger partial charge in [0.1, 0.15) is 17.1 Å². The summed E-state index contributed by atoms with van der Waals surface area (Å²) in [6, 6.07) is 31.4. The number of fused-ring (bicyclic) bond motifs is 3. The number of anilines is 1. The van der Waals surface area contributed by atoms with Gasteiger partial charge < -0.3 is 35.6 Å². The smallest absolute Gasteiger partial charge is 0.484 e. The van der Waals surface area contributed by atoms with Crippen LogP contribution in [0, 0.1) is 0 Å². The number of nitrogens with two attached hydrogens (primary N) is 1. The van der Waals surface area contributed by atoms with Crippen LogP contribution in [0.5, 0.6) is 5.75 Å². The quantitative estimate of drug-likeness (QED) is 0.0173. The number of thiocarbonyl (C=S) groups is 1. The number of aryl methyl sites for hydroxylation is 1. The lowest BCUT2D eigenvalue weighted by molar-refractivity contribution is -0.123. The number of carbonyl (C=O) groups excluding carboxylic acids is 1. The Balaban J connectivity index is 0.783. The third-order valence-corrected chi connectivity index (χ3v) is 12.5. The van der Waals surface area contributed by atoms with Crippen molar-refractivity contribution in [3.05, 3.63) is 148 Å². The molecule has 67 heavy (non-hydrogen) atoms. The number of aromatic nitrogens is 4. The van der Waals surface area contributed by atoms with Crippen molar-refractivity contribution in [2.75, 3.05) is 25.4 Å². The van der Waals surface area contributed by atoms with Gasteiger partial charge in [-0.15, -0.1) is 11.3 Å². The van der Waals surface area contributed by atoms with Gasteiger partial charge in [-0.25, -0.2) is 9.97 Å². The molecule has 346 valence electrons. The summed E-state index contributed by atoms with van der Waals surface area (Å²) >= 11 is 7.21. The van der Waals surface area contributed by atoms with Crippen LogP contribution in [0.2, 0.25) is 0 Å². The van der Waals surface area contributed by atoms with E-state index < -0.39 is 7.40 Å². The van der Waals surface area contributed by atoms with Crippen LogP contribution in [-0.2, 0) is 31.4 Å². The highest BCUT2D eigenvalue weighted by molar-refractivity contribution is 7.80. The summed E-state index contributed by atoms with van der Waals surface area (Å²) in [5, 5.41) is 13.1. The molecule has 4 heterocycles. The molecule has 0 saturated carbocycles. The van der Waals surface area contributed by atoms with Gasteiger partial charge in [-0.1, -0.05) is 68.0 Å². The molecule has 0 spiro atoms. The molecule has 0 bridgehead atoms. The monoisotopic (exact) mass is 939 g/mol. The molecular weight excluding hydrogens is 884 g/mol. The van der Waals surface area contributed by atoms with Crippen LogP contribution < -0.4 is 26.4 Å². The minimum Gasteiger partial charge on any atom is -0.484 e. The fraction of sp³-hybridized carbons (Fsp3) is 0.275. The van der Waals surface area contributed by atoms with E-state index in [9.17, 15) is 13.4 Å². The lowest BCUT2D eigenvalue weighted by Gasteiger charge is -2.13. The Morgan fingerprint density at radius 3 is 2.40 bits per heavy atom. The summed E-state index contributed by atoms with van der Waals surface area (Å²) in [7, 11) is -0.870. The lowest BCUT2D eigenvalue weighted by atomic mass is 10.1. The van der Waals surface area contributed by atoms with Gasteiger partial charge in [-0.2, -0.15) is 0 Å². The minimum atomic E-state index is -2.87. The largest absolute Gasteiger partial charge is 0.692 e. The molecule has 1 amide bonds. The zero-order valence-corrected chi connectivity index (χ0v) is 39.7. The summed E-state index contributed by atoms with van der Waals surface area (Å²) < 4.78 is 36.9. The minimum absolute atomic E-state index is 0.139. The van der Waals surface area contributed by atoms with Crippen molar-refractivity contribution >= 4 is 81.5 Å². The number of hydrogen-bond donors (Lipinski definition) is 4. The van der Waals surface area contributed by atoms with Crippen LogP contribution in [0.15, 0.2) is 125 Å². The Hall–Kier alpha value is -6.65. The number of pyridine rings is 1. The highest BCUT2D eigenvalue weighted by Gasteiger charge is 2.18. The molecule has 0 unspecified atom stereocenters. The van der Waals surface area contributed by atoms with E-state index in [1.165, 1.54) is 10.4 Å². The van der Waals surface area contributed by atoms with E-state index in [0.29, 0.717) is 48.4 Å². The molecule has 0 atom stereocenters. The summed E-state index contributed by atoms with van der Waals surface area (Å²) in [5.74, 6) is 1.69. The van der Waals surface area contributed by atoms with Crippen LogP contribution in [-0.4, -0.2) is 62.9 Å². The Kier molecular flexibility index (Phi) is 17.1. The van der Waals surface area contributed by atoms with Crippen LogP contribution in [0.25, 0.3) is 38.6 Å². The molecule has 0 fully saturated rings. The number of ether oxygens (including phenoxy) is 1.